The van der Waals surface area contributed by atoms with Gasteiger partial charge in [0.25, 0.3) is 0 Å². The highest BCUT2D eigenvalue weighted by Crippen LogP contribution is 2.22. The highest BCUT2D eigenvalue weighted by atomic mass is 32.2. The lowest BCUT2D eigenvalue weighted by Gasteiger charge is -2.08. The van der Waals surface area contributed by atoms with E-state index in [4.69, 9.17) is 4.18 Å². The standard InChI is InChI=1S/C14H10F2O4S/c1-9(17)10-2-5-12(6-3-10)20-21(18,19)14-8-11(15)4-7-13(14)16/h2-8H,1H3. The van der Waals surface area contributed by atoms with Crippen LogP contribution in [0.1, 0.15) is 17.3 Å². The van der Waals surface area contributed by atoms with Gasteiger partial charge < -0.3 is 4.18 Å². The molecule has 0 aliphatic carbocycles. The van der Waals surface area contributed by atoms with Crippen molar-refractivity contribution >= 4 is 15.9 Å². The summed E-state index contributed by atoms with van der Waals surface area (Å²) < 4.78 is 55.0. The fourth-order valence-corrected chi connectivity index (χ4v) is 2.60. The molecule has 0 radical (unpaired) electrons. The second kappa shape index (κ2) is 5.61. The van der Waals surface area contributed by atoms with Gasteiger partial charge in [0.05, 0.1) is 0 Å². The molecule has 2 aromatic carbocycles. The molecule has 0 aliphatic rings. The van der Waals surface area contributed by atoms with Crippen LogP contribution in [0.4, 0.5) is 8.78 Å². The Morgan fingerprint density at radius 3 is 2.24 bits per heavy atom. The Balaban J connectivity index is 2.33. The Bertz CT molecular complexity index is 783. The molecule has 4 nitrogen and oxygen atoms in total. The maximum atomic E-state index is 13.5. The lowest BCUT2D eigenvalue weighted by atomic mass is 10.1. The molecule has 0 fully saturated rings. The third-order valence-electron chi connectivity index (χ3n) is 2.63. The molecule has 0 bridgehead atoms. The fourth-order valence-electron chi connectivity index (χ4n) is 1.59. The monoisotopic (exact) mass is 312 g/mol. The van der Waals surface area contributed by atoms with E-state index in [0.29, 0.717) is 17.7 Å². The number of hydrogen-bond donors (Lipinski definition) is 0. The molecule has 0 N–H and O–H groups in total. The SMILES string of the molecule is CC(=O)c1ccc(OS(=O)(=O)c2cc(F)ccc2F)cc1. The first kappa shape index (κ1) is 15.1. The molecule has 0 unspecified atom stereocenters. The Labute approximate surface area is 120 Å². The maximum Gasteiger partial charge on any atom is 0.342 e. The minimum atomic E-state index is -4.50. The van der Waals surface area contributed by atoms with Gasteiger partial charge in [-0.2, -0.15) is 8.42 Å². The minimum Gasteiger partial charge on any atom is -0.379 e. The zero-order valence-corrected chi connectivity index (χ0v) is 11.7. The zero-order chi connectivity index (χ0) is 15.6. The Morgan fingerprint density at radius 2 is 1.67 bits per heavy atom. The lowest BCUT2D eigenvalue weighted by Crippen LogP contribution is -2.12. The second-order valence-corrected chi connectivity index (χ2v) is 5.71. The van der Waals surface area contributed by atoms with E-state index in [0.717, 1.165) is 6.07 Å². The van der Waals surface area contributed by atoms with Crippen LogP contribution < -0.4 is 4.18 Å². The number of carbonyl (C=O) groups is 1. The minimum absolute atomic E-state index is 0.108. The smallest absolute Gasteiger partial charge is 0.342 e. The normalized spacial score (nSPS) is 11.2. The molecule has 0 atom stereocenters. The van der Waals surface area contributed by atoms with E-state index in [1.807, 2.05) is 0 Å². The topological polar surface area (TPSA) is 60.4 Å². The van der Waals surface area contributed by atoms with Gasteiger partial charge in [-0.1, -0.05) is 0 Å². The van der Waals surface area contributed by atoms with Crippen LogP contribution >= 0.6 is 0 Å². The summed E-state index contributed by atoms with van der Waals surface area (Å²) in [6.07, 6.45) is 0. The van der Waals surface area contributed by atoms with Gasteiger partial charge in [0.1, 0.15) is 22.3 Å². The largest absolute Gasteiger partial charge is 0.379 e. The molecule has 0 spiro atoms. The molecule has 0 aromatic heterocycles. The molecule has 0 aliphatic heterocycles. The average Bonchev–Trinajstić information content (AvgIpc) is 2.41. The van der Waals surface area contributed by atoms with Crippen molar-refractivity contribution < 1.29 is 26.2 Å². The highest BCUT2D eigenvalue weighted by Gasteiger charge is 2.22. The molecule has 21 heavy (non-hydrogen) atoms. The molecule has 110 valence electrons. The zero-order valence-electron chi connectivity index (χ0n) is 10.8. The number of hydrogen-bond acceptors (Lipinski definition) is 4. The third kappa shape index (κ3) is 3.43. The average molecular weight is 312 g/mol. The van der Waals surface area contributed by atoms with Crippen LogP contribution in [0.15, 0.2) is 47.4 Å². The van der Waals surface area contributed by atoms with Crippen molar-refractivity contribution in [2.24, 2.45) is 0 Å². The summed E-state index contributed by atoms with van der Waals surface area (Å²) in [6.45, 7) is 1.36. The molecule has 0 saturated heterocycles. The molecule has 0 heterocycles. The lowest BCUT2D eigenvalue weighted by molar-refractivity contribution is 0.101. The Morgan fingerprint density at radius 1 is 1.05 bits per heavy atom. The van der Waals surface area contributed by atoms with Crippen LogP contribution in [0.2, 0.25) is 0 Å². The van der Waals surface area contributed by atoms with E-state index in [2.05, 4.69) is 0 Å². The summed E-state index contributed by atoms with van der Waals surface area (Å²) in [4.78, 5) is 10.2. The van der Waals surface area contributed by atoms with E-state index in [-0.39, 0.29) is 11.5 Å². The van der Waals surface area contributed by atoms with Crippen molar-refractivity contribution in [3.05, 3.63) is 59.7 Å². The molecular formula is C14H10F2O4S. The van der Waals surface area contributed by atoms with E-state index in [1.54, 1.807) is 0 Å². The summed E-state index contributed by atoms with van der Waals surface area (Å²) in [5.74, 6) is -2.31. The van der Waals surface area contributed by atoms with Gasteiger partial charge in [0.2, 0.25) is 0 Å². The first-order valence-electron chi connectivity index (χ1n) is 5.80. The first-order chi connectivity index (χ1) is 9.79. The van der Waals surface area contributed by atoms with Crippen LogP contribution in [0.3, 0.4) is 0 Å². The molecule has 2 rings (SSSR count). The van der Waals surface area contributed by atoms with E-state index in [1.165, 1.54) is 31.2 Å². The Kier molecular flexibility index (Phi) is 4.04. The van der Waals surface area contributed by atoms with Crippen molar-refractivity contribution in [2.45, 2.75) is 11.8 Å². The van der Waals surface area contributed by atoms with Crippen LogP contribution in [-0.4, -0.2) is 14.2 Å². The first-order valence-corrected chi connectivity index (χ1v) is 7.21. The summed E-state index contributed by atoms with van der Waals surface area (Å²) >= 11 is 0. The van der Waals surface area contributed by atoms with Gasteiger partial charge in [0, 0.05) is 5.56 Å². The van der Waals surface area contributed by atoms with E-state index in [9.17, 15) is 22.0 Å². The maximum absolute atomic E-state index is 13.5. The second-order valence-electron chi connectivity index (χ2n) is 4.19. The van der Waals surface area contributed by atoms with Gasteiger partial charge in [0.15, 0.2) is 5.78 Å². The fraction of sp³-hybridized carbons (Fsp3) is 0.0714. The van der Waals surface area contributed by atoms with Gasteiger partial charge in [-0.05, 0) is 49.4 Å². The number of ketones is 1. The van der Waals surface area contributed by atoms with Crippen molar-refractivity contribution in [1.29, 1.82) is 0 Å². The molecular weight excluding hydrogens is 302 g/mol. The van der Waals surface area contributed by atoms with Crippen LogP contribution in [0.25, 0.3) is 0 Å². The molecule has 2 aromatic rings. The van der Waals surface area contributed by atoms with Gasteiger partial charge in [-0.25, -0.2) is 8.78 Å². The van der Waals surface area contributed by atoms with Gasteiger partial charge >= 0.3 is 10.1 Å². The van der Waals surface area contributed by atoms with Crippen LogP contribution in [0, 0.1) is 11.6 Å². The number of halogens is 2. The summed E-state index contributed by atoms with van der Waals surface area (Å²) in [7, 11) is -4.50. The van der Waals surface area contributed by atoms with Gasteiger partial charge in [-0.15, -0.1) is 0 Å². The Hall–Kier alpha value is -2.28. The van der Waals surface area contributed by atoms with Crippen molar-refractivity contribution in [3.63, 3.8) is 0 Å². The number of rotatable bonds is 4. The van der Waals surface area contributed by atoms with Crippen molar-refractivity contribution in [2.75, 3.05) is 0 Å². The van der Waals surface area contributed by atoms with Crippen molar-refractivity contribution in [1.82, 2.24) is 0 Å². The summed E-state index contributed by atoms with van der Waals surface area (Å²) in [5, 5.41) is 0. The third-order valence-corrected chi connectivity index (χ3v) is 3.89. The molecule has 7 heteroatoms. The predicted octanol–water partition coefficient (Wildman–Crippen LogP) is 2.94. The quantitative estimate of drug-likeness (QED) is 0.643. The van der Waals surface area contributed by atoms with Gasteiger partial charge in [-0.3, -0.25) is 4.79 Å². The van der Waals surface area contributed by atoms with E-state index >= 15 is 0 Å². The highest BCUT2D eigenvalue weighted by molar-refractivity contribution is 7.87. The summed E-state index contributed by atoms with van der Waals surface area (Å²) in [6, 6.07) is 7.29. The van der Waals surface area contributed by atoms with Crippen LogP contribution in [0.5, 0.6) is 5.75 Å². The van der Waals surface area contributed by atoms with E-state index < -0.39 is 26.6 Å². The number of Topliss-reactive ketones (excluding diaryl/α,β-unsaturated/α-hetero) is 1. The molecule has 0 amide bonds. The number of carbonyl (C=O) groups excluding carboxylic acids is 1. The predicted molar refractivity (Wildman–Crippen MR) is 70.6 cm³/mol. The van der Waals surface area contributed by atoms with Crippen molar-refractivity contribution in [3.8, 4) is 5.75 Å². The van der Waals surface area contributed by atoms with Crippen LogP contribution in [-0.2, 0) is 10.1 Å². The molecule has 0 saturated carbocycles. The number of benzene rings is 2. The summed E-state index contributed by atoms with van der Waals surface area (Å²) in [5.41, 5.74) is 0.372.